The van der Waals surface area contributed by atoms with E-state index in [1.54, 1.807) is 0 Å². The zero-order chi connectivity index (χ0) is 11.4. The molecule has 2 atom stereocenters. The summed E-state index contributed by atoms with van der Waals surface area (Å²) in [6.07, 6.45) is 5.57. The van der Waals surface area contributed by atoms with Crippen LogP contribution < -0.4 is 5.32 Å². The minimum atomic E-state index is 0.731. The summed E-state index contributed by atoms with van der Waals surface area (Å²) in [7, 11) is 0. The highest BCUT2D eigenvalue weighted by molar-refractivity contribution is 5.22. The fourth-order valence-corrected chi connectivity index (χ4v) is 2.69. The van der Waals surface area contributed by atoms with E-state index < -0.39 is 0 Å². The van der Waals surface area contributed by atoms with Gasteiger partial charge in [0.05, 0.1) is 0 Å². The molecule has 1 saturated carbocycles. The van der Waals surface area contributed by atoms with E-state index in [1.165, 1.54) is 36.8 Å². The average molecular weight is 217 g/mol. The standard InChI is InChI=1S/C15H23N/c1-12-6-5-8-14(10-12)11-16-15-9-4-3-7-13(15)2/h5-6,8,10,13,15-16H,3-4,7,9,11H2,1-2H3. The van der Waals surface area contributed by atoms with Crippen molar-refractivity contribution in [3.63, 3.8) is 0 Å². The molecular formula is C15H23N. The Balaban J connectivity index is 1.86. The van der Waals surface area contributed by atoms with E-state index in [0.717, 1.165) is 18.5 Å². The largest absolute Gasteiger partial charge is 0.310 e. The molecule has 0 saturated heterocycles. The van der Waals surface area contributed by atoms with Gasteiger partial charge in [0, 0.05) is 12.6 Å². The lowest BCUT2D eigenvalue weighted by Gasteiger charge is -2.29. The van der Waals surface area contributed by atoms with Crippen LogP contribution in [0.15, 0.2) is 24.3 Å². The van der Waals surface area contributed by atoms with Crippen molar-refractivity contribution < 1.29 is 0 Å². The number of rotatable bonds is 3. The highest BCUT2D eigenvalue weighted by Crippen LogP contribution is 2.23. The highest BCUT2D eigenvalue weighted by Gasteiger charge is 2.20. The van der Waals surface area contributed by atoms with Crippen LogP contribution in [0.25, 0.3) is 0 Å². The summed E-state index contributed by atoms with van der Waals surface area (Å²) in [4.78, 5) is 0. The Morgan fingerprint density at radius 1 is 1.25 bits per heavy atom. The Morgan fingerprint density at radius 2 is 2.06 bits per heavy atom. The smallest absolute Gasteiger partial charge is 0.0208 e. The number of benzene rings is 1. The van der Waals surface area contributed by atoms with Gasteiger partial charge < -0.3 is 5.32 Å². The molecule has 0 radical (unpaired) electrons. The topological polar surface area (TPSA) is 12.0 Å². The van der Waals surface area contributed by atoms with Crippen LogP contribution in [0.1, 0.15) is 43.7 Å². The molecule has 0 bridgehead atoms. The number of aryl methyl sites for hydroxylation is 1. The Morgan fingerprint density at radius 3 is 2.81 bits per heavy atom. The Hall–Kier alpha value is -0.820. The summed E-state index contributed by atoms with van der Waals surface area (Å²) in [5.74, 6) is 0.846. The molecule has 1 aromatic carbocycles. The molecule has 1 aliphatic rings. The fourth-order valence-electron chi connectivity index (χ4n) is 2.69. The van der Waals surface area contributed by atoms with Gasteiger partial charge in [-0.05, 0) is 31.2 Å². The molecule has 1 N–H and O–H groups in total. The summed E-state index contributed by atoms with van der Waals surface area (Å²) in [5, 5.41) is 3.71. The van der Waals surface area contributed by atoms with Crippen LogP contribution in [0.5, 0.6) is 0 Å². The second-order valence-electron chi connectivity index (χ2n) is 5.24. The zero-order valence-corrected chi connectivity index (χ0v) is 10.5. The Bertz CT molecular complexity index is 332. The van der Waals surface area contributed by atoms with Crippen LogP contribution in [0, 0.1) is 12.8 Å². The van der Waals surface area contributed by atoms with E-state index in [4.69, 9.17) is 0 Å². The molecule has 0 aromatic heterocycles. The first-order chi connectivity index (χ1) is 7.75. The average Bonchev–Trinajstić information content (AvgIpc) is 2.28. The lowest BCUT2D eigenvalue weighted by molar-refractivity contribution is 0.279. The van der Waals surface area contributed by atoms with Crippen LogP contribution in [0.3, 0.4) is 0 Å². The van der Waals surface area contributed by atoms with E-state index in [1.807, 2.05) is 0 Å². The molecule has 0 heterocycles. The lowest BCUT2D eigenvalue weighted by atomic mass is 9.86. The number of hydrogen-bond donors (Lipinski definition) is 1. The van der Waals surface area contributed by atoms with E-state index in [9.17, 15) is 0 Å². The third-order valence-corrected chi connectivity index (χ3v) is 3.76. The van der Waals surface area contributed by atoms with Crippen LogP contribution in [-0.4, -0.2) is 6.04 Å². The molecule has 88 valence electrons. The van der Waals surface area contributed by atoms with Gasteiger partial charge in [-0.1, -0.05) is 49.6 Å². The van der Waals surface area contributed by atoms with Gasteiger partial charge in [0.15, 0.2) is 0 Å². The van der Waals surface area contributed by atoms with Gasteiger partial charge in [-0.25, -0.2) is 0 Å². The predicted octanol–water partition coefficient (Wildman–Crippen LogP) is 3.66. The van der Waals surface area contributed by atoms with Gasteiger partial charge in [0.2, 0.25) is 0 Å². The van der Waals surface area contributed by atoms with Crippen molar-refractivity contribution in [2.24, 2.45) is 5.92 Å². The summed E-state index contributed by atoms with van der Waals surface area (Å²) < 4.78 is 0. The highest BCUT2D eigenvalue weighted by atomic mass is 14.9. The normalized spacial score (nSPS) is 25.6. The fraction of sp³-hybridized carbons (Fsp3) is 0.600. The molecule has 1 aliphatic carbocycles. The van der Waals surface area contributed by atoms with Crippen LogP contribution in [0.4, 0.5) is 0 Å². The number of nitrogens with one attached hydrogen (secondary N) is 1. The first-order valence-electron chi connectivity index (χ1n) is 6.54. The molecule has 1 nitrogen and oxygen atoms in total. The maximum absolute atomic E-state index is 3.71. The van der Waals surface area contributed by atoms with E-state index in [-0.39, 0.29) is 0 Å². The maximum Gasteiger partial charge on any atom is 0.0208 e. The second kappa shape index (κ2) is 5.49. The zero-order valence-electron chi connectivity index (χ0n) is 10.5. The third kappa shape index (κ3) is 3.08. The quantitative estimate of drug-likeness (QED) is 0.814. The van der Waals surface area contributed by atoms with Crippen molar-refractivity contribution in [2.45, 2.75) is 52.1 Å². The Labute approximate surface area is 99.3 Å². The summed E-state index contributed by atoms with van der Waals surface area (Å²) in [6.45, 7) is 5.57. The van der Waals surface area contributed by atoms with Gasteiger partial charge in [0.25, 0.3) is 0 Å². The first-order valence-corrected chi connectivity index (χ1v) is 6.54. The first kappa shape index (κ1) is 11.7. The van der Waals surface area contributed by atoms with Crippen molar-refractivity contribution in [1.82, 2.24) is 5.32 Å². The number of hydrogen-bond acceptors (Lipinski definition) is 1. The minimum Gasteiger partial charge on any atom is -0.310 e. The van der Waals surface area contributed by atoms with E-state index in [0.29, 0.717) is 0 Å². The molecule has 0 amide bonds. The van der Waals surface area contributed by atoms with Gasteiger partial charge in [-0.3, -0.25) is 0 Å². The van der Waals surface area contributed by atoms with Gasteiger partial charge in [-0.15, -0.1) is 0 Å². The van der Waals surface area contributed by atoms with Crippen molar-refractivity contribution in [3.8, 4) is 0 Å². The van der Waals surface area contributed by atoms with Crippen molar-refractivity contribution >= 4 is 0 Å². The minimum absolute atomic E-state index is 0.731. The molecule has 1 aromatic rings. The molecular weight excluding hydrogens is 194 g/mol. The second-order valence-corrected chi connectivity index (χ2v) is 5.24. The van der Waals surface area contributed by atoms with Gasteiger partial charge >= 0.3 is 0 Å². The van der Waals surface area contributed by atoms with Crippen molar-refractivity contribution in [1.29, 1.82) is 0 Å². The lowest BCUT2D eigenvalue weighted by Crippen LogP contribution is -2.36. The van der Waals surface area contributed by atoms with Gasteiger partial charge in [-0.2, -0.15) is 0 Å². The van der Waals surface area contributed by atoms with E-state index in [2.05, 4.69) is 43.4 Å². The van der Waals surface area contributed by atoms with Gasteiger partial charge in [0.1, 0.15) is 0 Å². The third-order valence-electron chi connectivity index (χ3n) is 3.76. The van der Waals surface area contributed by atoms with Crippen molar-refractivity contribution in [2.75, 3.05) is 0 Å². The van der Waals surface area contributed by atoms with Crippen LogP contribution >= 0.6 is 0 Å². The van der Waals surface area contributed by atoms with Crippen LogP contribution in [0.2, 0.25) is 0 Å². The molecule has 2 rings (SSSR count). The van der Waals surface area contributed by atoms with Crippen LogP contribution in [-0.2, 0) is 6.54 Å². The van der Waals surface area contributed by atoms with E-state index >= 15 is 0 Å². The molecule has 0 spiro atoms. The summed E-state index contributed by atoms with van der Waals surface area (Å²) >= 11 is 0. The molecule has 2 unspecified atom stereocenters. The summed E-state index contributed by atoms with van der Waals surface area (Å²) in [6, 6.07) is 9.53. The SMILES string of the molecule is Cc1cccc(CNC2CCCCC2C)c1. The molecule has 16 heavy (non-hydrogen) atoms. The summed E-state index contributed by atoms with van der Waals surface area (Å²) in [5.41, 5.74) is 2.77. The molecule has 0 aliphatic heterocycles. The Kier molecular flexibility index (Phi) is 4.00. The predicted molar refractivity (Wildman–Crippen MR) is 69.4 cm³/mol. The molecule has 1 heteroatoms. The van der Waals surface area contributed by atoms with Crippen molar-refractivity contribution in [3.05, 3.63) is 35.4 Å². The maximum atomic E-state index is 3.71. The molecule has 1 fully saturated rings. The monoisotopic (exact) mass is 217 g/mol.